The van der Waals surface area contributed by atoms with Crippen LogP contribution in [0, 0.1) is 12.3 Å². The number of nitrogens with one attached hydrogen (secondary N) is 1. The van der Waals surface area contributed by atoms with Crippen LogP contribution in [-0.2, 0) is 11.3 Å². The highest BCUT2D eigenvalue weighted by atomic mass is 16.5. The molecule has 1 heterocycles. The second-order valence-electron chi connectivity index (χ2n) is 6.29. The van der Waals surface area contributed by atoms with E-state index in [2.05, 4.69) is 25.2 Å². The Balaban J connectivity index is 2.12. The summed E-state index contributed by atoms with van der Waals surface area (Å²) >= 11 is 0. The highest BCUT2D eigenvalue weighted by molar-refractivity contribution is 5.82. The van der Waals surface area contributed by atoms with Crippen molar-refractivity contribution < 1.29 is 9.53 Å². The fourth-order valence-corrected chi connectivity index (χ4v) is 3.01. The average Bonchev–Trinajstić information content (AvgIpc) is 2.47. The molecule has 0 unspecified atom stereocenters. The lowest BCUT2D eigenvalue weighted by atomic mass is 9.79. The van der Waals surface area contributed by atoms with Gasteiger partial charge in [0.15, 0.2) is 0 Å². The Morgan fingerprint density at radius 3 is 2.67 bits per heavy atom. The molecule has 1 aliphatic heterocycles. The summed E-state index contributed by atoms with van der Waals surface area (Å²) in [7, 11) is 3.56. The summed E-state index contributed by atoms with van der Waals surface area (Å²) in [5.74, 6) is 1.07. The molecule has 1 saturated heterocycles. The first-order chi connectivity index (χ1) is 9.96. The van der Waals surface area contributed by atoms with Crippen molar-refractivity contribution >= 4 is 5.91 Å². The summed E-state index contributed by atoms with van der Waals surface area (Å²) in [5.41, 5.74) is 2.00. The van der Waals surface area contributed by atoms with E-state index >= 15 is 0 Å². The topological polar surface area (TPSA) is 41.6 Å². The van der Waals surface area contributed by atoms with Gasteiger partial charge in [-0.25, -0.2) is 0 Å². The summed E-state index contributed by atoms with van der Waals surface area (Å²) in [4.78, 5) is 14.6. The van der Waals surface area contributed by atoms with Crippen molar-refractivity contribution in [3.8, 4) is 5.75 Å². The van der Waals surface area contributed by atoms with Crippen LogP contribution in [0.2, 0.25) is 0 Å². The van der Waals surface area contributed by atoms with Crippen LogP contribution < -0.4 is 10.1 Å². The van der Waals surface area contributed by atoms with Gasteiger partial charge in [-0.15, -0.1) is 0 Å². The Bertz CT molecular complexity index is 508. The number of carbonyl (C=O) groups excluding carboxylic acids is 1. The number of nitrogens with zero attached hydrogens (tertiary/aromatic N) is 1. The van der Waals surface area contributed by atoms with Gasteiger partial charge in [0.05, 0.1) is 7.11 Å². The van der Waals surface area contributed by atoms with Crippen molar-refractivity contribution in [2.75, 3.05) is 27.2 Å². The number of hydrogen-bond donors (Lipinski definition) is 1. The highest BCUT2D eigenvalue weighted by Gasteiger charge is 2.36. The zero-order chi connectivity index (χ0) is 15.5. The summed E-state index contributed by atoms with van der Waals surface area (Å²) in [6, 6.07) is 6.08. The van der Waals surface area contributed by atoms with Crippen molar-refractivity contribution in [3.63, 3.8) is 0 Å². The van der Waals surface area contributed by atoms with Crippen LogP contribution >= 0.6 is 0 Å². The molecule has 2 rings (SSSR count). The van der Waals surface area contributed by atoms with Gasteiger partial charge in [-0.05, 0) is 38.9 Å². The molecule has 0 radical (unpaired) electrons. The van der Waals surface area contributed by atoms with Gasteiger partial charge < -0.3 is 15.0 Å². The molecule has 1 aromatic rings. The minimum absolute atomic E-state index is 0.229. The molecule has 0 aliphatic carbocycles. The fraction of sp³-hybridized carbons (Fsp3) is 0.588. The molecular weight excluding hydrogens is 264 g/mol. The van der Waals surface area contributed by atoms with Crippen LogP contribution in [0.3, 0.4) is 0 Å². The van der Waals surface area contributed by atoms with E-state index in [1.54, 1.807) is 7.11 Å². The molecule has 4 nitrogen and oxygen atoms in total. The molecule has 1 aliphatic rings. The Morgan fingerprint density at radius 1 is 1.38 bits per heavy atom. The third-order valence-corrected chi connectivity index (χ3v) is 4.41. The molecule has 1 fully saturated rings. The molecule has 1 N–H and O–H groups in total. The van der Waals surface area contributed by atoms with E-state index in [0.29, 0.717) is 6.54 Å². The first kappa shape index (κ1) is 15.8. The fourth-order valence-electron chi connectivity index (χ4n) is 3.01. The van der Waals surface area contributed by atoms with E-state index in [4.69, 9.17) is 4.74 Å². The van der Waals surface area contributed by atoms with Gasteiger partial charge >= 0.3 is 0 Å². The lowest BCUT2D eigenvalue weighted by Crippen LogP contribution is -2.46. The van der Waals surface area contributed by atoms with Gasteiger partial charge in [0.2, 0.25) is 5.91 Å². The number of aryl methyl sites for hydroxylation is 1. The van der Waals surface area contributed by atoms with Crippen LogP contribution in [0.1, 0.15) is 30.9 Å². The molecule has 21 heavy (non-hydrogen) atoms. The molecule has 1 aromatic carbocycles. The molecular formula is C17H26N2O2. The minimum Gasteiger partial charge on any atom is -0.496 e. The van der Waals surface area contributed by atoms with Crippen molar-refractivity contribution in [2.45, 2.75) is 33.2 Å². The van der Waals surface area contributed by atoms with E-state index in [0.717, 1.165) is 37.2 Å². The Labute approximate surface area is 127 Å². The summed E-state index contributed by atoms with van der Waals surface area (Å²) in [6.45, 7) is 6.57. The summed E-state index contributed by atoms with van der Waals surface area (Å²) < 4.78 is 5.40. The van der Waals surface area contributed by atoms with Crippen LogP contribution in [0.25, 0.3) is 0 Å². The number of methoxy groups -OCH3 is 1. The molecule has 0 saturated carbocycles. The lowest BCUT2D eigenvalue weighted by Gasteiger charge is -2.36. The summed E-state index contributed by atoms with van der Waals surface area (Å²) in [6.07, 6.45) is 1.81. The van der Waals surface area contributed by atoms with E-state index in [1.165, 1.54) is 5.56 Å². The molecule has 0 atom stereocenters. The van der Waals surface area contributed by atoms with E-state index in [-0.39, 0.29) is 11.3 Å². The van der Waals surface area contributed by atoms with Crippen LogP contribution in [0.5, 0.6) is 5.75 Å². The number of benzene rings is 1. The molecule has 0 bridgehead atoms. The monoisotopic (exact) mass is 290 g/mol. The van der Waals surface area contributed by atoms with Gasteiger partial charge in [-0.2, -0.15) is 0 Å². The Kier molecular flexibility index (Phi) is 4.88. The van der Waals surface area contributed by atoms with Crippen molar-refractivity contribution in [1.82, 2.24) is 10.2 Å². The maximum Gasteiger partial charge on any atom is 0.228 e. The third kappa shape index (κ3) is 3.56. The number of carbonyl (C=O) groups is 1. The van der Waals surface area contributed by atoms with Gasteiger partial charge in [-0.1, -0.05) is 24.6 Å². The SMILES string of the molecule is COc1ccc(C)cc1CN(C)C(=O)C1(C)CCNCC1. The molecule has 0 aromatic heterocycles. The molecule has 4 heteroatoms. The number of rotatable bonds is 4. The Hall–Kier alpha value is -1.55. The summed E-state index contributed by atoms with van der Waals surface area (Å²) in [5, 5.41) is 3.32. The maximum absolute atomic E-state index is 12.8. The van der Waals surface area contributed by atoms with Gasteiger partial charge in [0.25, 0.3) is 0 Å². The zero-order valence-electron chi connectivity index (χ0n) is 13.5. The highest BCUT2D eigenvalue weighted by Crippen LogP contribution is 2.31. The molecule has 0 spiro atoms. The lowest BCUT2D eigenvalue weighted by molar-refractivity contribution is -0.141. The van der Waals surface area contributed by atoms with Crippen LogP contribution in [0.15, 0.2) is 18.2 Å². The number of ether oxygens (including phenoxy) is 1. The van der Waals surface area contributed by atoms with Crippen LogP contribution in [0.4, 0.5) is 0 Å². The maximum atomic E-state index is 12.8. The molecule has 1 amide bonds. The minimum atomic E-state index is -0.239. The Morgan fingerprint density at radius 2 is 2.05 bits per heavy atom. The predicted octanol–water partition coefficient (Wildman–Crippen LogP) is 2.35. The standard InChI is InChI=1S/C17H26N2O2/c1-13-5-6-15(21-4)14(11-13)12-19(3)16(20)17(2)7-9-18-10-8-17/h5-6,11,18H,7-10,12H2,1-4H3. The van der Waals surface area contributed by atoms with E-state index < -0.39 is 0 Å². The van der Waals surface area contributed by atoms with Gasteiger partial charge in [0, 0.05) is 24.6 Å². The van der Waals surface area contributed by atoms with Crippen molar-refractivity contribution in [3.05, 3.63) is 29.3 Å². The average molecular weight is 290 g/mol. The number of hydrogen-bond acceptors (Lipinski definition) is 3. The largest absolute Gasteiger partial charge is 0.496 e. The van der Waals surface area contributed by atoms with Crippen LogP contribution in [-0.4, -0.2) is 38.1 Å². The normalized spacial score (nSPS) is 17.3. The van der Waals surface area contributed by atoms with E-state index in [9.17, 15) is 4.79 Å². The first-order valence-electron chi connectivity index (χ1n) is 7.56. The number of amides is 1. The van der Waals surface area contributed by atoms with Crippen molar-refractivity contribution in [2.24, 2.45) is 5.41 Å². The second kappa shape index (κ2) is 6.48. The zero-order valence-corrected chi connectivity index (χ0v) is 13.5. The van der Waals surface area contributed by atoms with Gasteiger partial charge in [0.1, 0.15) is 5.75 Å². The molecule has 116 valence electrons. The third-order valence-electron chi connectivity index (χ3n) is 4.41. The quantitative estimate of drug-likeness (QED) is 0.925. The second-order valence-corrected chi connectivity index (χ2v) is 6.29. The van der Waals surface area contributed by atoms with Gasteiger partial charge in [-0.3, -0.25) is 4.79 Å². The van der Waals surface area contributed by atoms with E-state index in [1.807, 2.05) is 24.1 Å². The van der Waals surface area contributed by atoms with Crippen molar-refractivity contribution in [1.29, 1.82) is 0 Å². The first-order valence-corrected chi connectivity index (χ1v) is 7.56. The number of piperidine rings is 1. The predicted molar refractivity (Wildman–Crippen MR) is 84.4 cm³/mol. The smallest absolute Gasteiger partial charge is 0.228 e.